The van der Waals surface area contributed by atoms with Gasteiger partial charge in [-0.05, 0) is 24.5 Å². The van der Waals surface area contributed by atoms with E-state index in [-0.39, 0.29) is 0 Å². The lowest BCUT2D eigenvalue weighted by Crippen LogP contribution is -2.03. The van der Waals surface area contributed by atoms with Gasteiger partial charge in [-0.1, -0.05) is 30.6 Å². The Morgan fingerprint density at radius 2 is 2.14 bits per heavy atom. The predicted molar refractivity (Wildman–Crippen MR) is 82.9 cm³/mol. The van der Waals surface area contributed by atoms with Crippen LogP contribution in [0.2, 0.25) is 5.02 Å². The zero-order valence-electron chi connectivity index (χ0n) is 12.7. The number of anilines is 1. The van der Waals surface area contributed by atoms with E-state index >= 15 is 0 Å². The third-order valence-corrected chi connectivity index (χ3v) is 3.42. The van der Waals surface area contributed by atoms with E-state index in [0.29, 0.717) is 29.1 Å². The lowest BCUT2D eigenvalue weighted by atomic mass is 10.1. The number of halogens is 1. The van der Waals surface area contributed by atoms with Crippen LogP contribution < -0.4 is 10.1 Å². The number of hydrogen-bond donors (Lipinski definition) is 1. The lowest BCUT2D eigenvalue weighted by molar-refractivity contribution is 0.375. The van der Waals surface area contributed by atoms with E-state index in [4.69, 9.17) is 20.9 Å². The number of benzene rings is 1. The molecule has 0 saturated heterocycles. The zero-order valence-corrected chi connectivity index (χ0v) is 13.5. The molecule has 0 saturated carbocycles. The summed E-state index contributed by atoms with van der Waals surface area (Å²) in [7, 11) is 1.61. The van der Waals surface area contributed by atoms with Crippen molar-refractivity contribution in [1.82, 2.24) is 10.1 Å². The monoisotopic (exact) mass is 309 g/mol. The van der Waals surface area contributed by atoms with Crippen molar-refractivity contribution in [3.8, 4) is 5.75 Å². The third kappa shape index (κ3) is 4.11. The molecule has 114 valence electrons. The summed E-state index contributed by atoms with van der Waals surface area (Å²) in [6.07, 6.45) is 0.812. The molecule has 0 radical (unpaired) electrons. The first kappa shape index (κ1) is 15.6. The lowest BCUT2D eigenvalue weighted by Gasteiger charge is -2.11. The minimum absolute atomic E-state index is 0.447. The van der Waals surface area contributed by atoms with Gasteiger partial charge in [0.25, 0.3) is 0 Å². The summed E-state index contributed by atoms with van der Waals surface area (Å²) in [5.41, 5.74) is 1.83. The molecule has 0 bridgehead atoms. The number of aryl methyl sites for hydroxylation is 1. The fourth-order valence-corrected chi connectivity index (χ4v) is 2.10. The zero-order chi connectivity index (χ0) is 15.4. The molecule has 0 fully saturated rings. The minimum atomic E-state index is 0.447. The average molecular weight is 310 g/mol. The molecule has 5 nitrogen and oxygen atoms in total. The third-order valence-electron chi connectivity index (χ3n) is 3.01. The first-order valence-corrected chi connectivity index (χ1v) is 7.27. The number of ether oxygens (including phenoxy) is 1. The number of rotatable bonds is 6. The number of nitrogens with zero attached hydrogens (tertiary/aromatic N) is 2. The van der Waals surface area contributed by atoms with Crippen LogP contribution in [0.1, 0.15) is 31.1 Å². The Morgan fingerprint density at radius 3 is 2.81 bits per heavy atom. The number of methoxy groups -OCH3 is 1. The largest absolute Gasteiger partial charge is 0.495 e. The maximum Gasteiger partial charge on any atom is 0.245 e. The van der Waals surface area contributed by atoms with Crippen LogP contribution in [0.5, 0.6) is 5.75 Å². The second kappa shape index (κ2) is 6.80. The molecule has 0 spiro atoms. The van der Waals surface area contributed by atoms with E-state index in [1.54, 1.807) is 13.2 Å². The van der Waals surface area contributed by atoms with E-state index < -0.39 is 0 Å². The van der Waals surface area contributed by atoms with Crippen molar-refractivity contribution in [2.24, 2.45) is 5.92 Å². The van der Waals surface area contributed by atoms with Gasteiger partial charge in [-0.25, -0.2) is 0 Å². The van der Waals surface area contributed by atoms with Crippen LogP contribution in [-0.2, 0) is 13.0 Å². The van der Waals surface area contributed by atoms with E-state index in [9.17, 15) is 0 Å². The summed E-state index contributed by atoms with van der Waals surface area (Å²) >= 11 is 6.08. The van der Waals surface area contributed by atoms with Crippen molar-refractivity contribution in [2.75, 3.05) is 12.4 Å². The molecule has 0 unspecified atom stereocenters. The Morgan fingerprint density at radius 1 is 1.38 bits per heavy atom. The van der Waals surface area contributed by atoms with Gasteiger partial charge in [0, 0.05) is 17.5 Å². The summed E-state index contributed by atoms with van der Waals surface area (Å²) in [4.78, 5) is 4.35. The van der Waals surface area contributed by atoms with Gasteiger partial charge in [-0.2, -0.15) is 4.98 Å². The van der Waals surface area contributed by atoms with E-state index in [1.807, 2.05) is 13.0 Å². The fourth-order valence-electron chi connectivity index (χ4n) is 1.95. The van der Waals surface area contributed by atoms with Crippen molar-refractivity contribution in [1.29, 1.82) is 0 Å². The van der Waals surface area contributed by atoms with Crippen LogP contribution >= 0.6 is 11.6 Å². The van der Waals surface area contributed by atoms with Crippen LogP contribution in [0.15, 0.2) is 16.7 Å². The molecule has 21 heavy (non-hydrogen) atoms. The molecule has 0 aliphatic carbocycles. The highest BCUT2D eigenvalue weighted by Gasteiger charge is 2.10. The molecule has 0 aliphatic heterocycles. The van der Waals surface area contributed by atoms with Crippen LogP contribution in [0.3, 0.4) is 0 Å². The summed E-state index contributed by atoms with van der Waals surface area (Å²) in [5, 5.41) is 7.88. The smallest absolute Gasteiger partial charge is 0.245 e. The maximum absolute atomic E-state index is 6.08. The second-order valence-electron chi connectivity index (χ2n) is 5.36. The van der Waals surface area contributed by atoms with Gasteiger partial charge in [0.1, 0.15) is 5.75 Å². The number of nitrogens with one attached hydrogen (secondary N) is 1. The molecule has 6 heteroatoms. The van der Waals surface area contributed by atoms with Gasteiger partial charge in [0.15, 0.2) is 5.82 Å². The second-order valence-corrected chi connectivity index (χ2v) is 5.76. The average Bonchev–Trinajstić information content (AvgIpc) is 2.86. The van der Waals surface area contributed by atoms with Crippen molar-refractivity contribution in [2.45, 2.75) is 33.7 Å². The van der Waals surface area contributed by atoms with Crippen molar-refractivity contribution in [3.05, 3.63) is 34.4 Å². The number of aromatic nitrogens is 2. The Bertz CT molecular complexity index is 611. The molecule has 1 N–H and O–H groups in total. The molecule has 0 amide bonds. The van der Waals surface area contributed by atoms with Crippen molar-refractivity contribution in [3.63, 3.8) is 0 Å². The molecule has 0 atom stereocenters. The molecule has 1 aromatic carbocycles. The SMILES string of the molecule is COc1cc(Cl)c(C)cc1NCc1nc(CC(C)C)no1. The van der Waals surface area contributed by atoms with Gasteiger partial charge in [-0.3, -0.25) is 0 Å². The normalized spacial score (nSPS) is 11.0. The van der Waals surface area contributed by atoms with Gasteiger partial charge < -0.3 is 14.6 Å². The molecular formula is C15H20ClN3O2. The van der Waals surface area contributed by atoms with E-state index in [1.165, 1.54) is 0 Å². The van der Waals surface area contributed by atoms with Crippen molar-refractivity contribution < 1.29 is 9.26 Å². The topological polar surface area (TPSA) is 60.2 Å². The quantitative estimate of drug-likeness (QED) is 0.878. The first-order valence-electron chi connectivity index (χ1n) is 6.89. The van der Waals surface area contributed by atoms with E-state index in [0.717, 1.165) is 23.5 Å². The van der Waals surface area contributed by atoms with Crippen LogP contribution in [0, 0.1) is 12.8 Å². The fraction of sp³-hybridized carbons (Fsp3) is 0.467. The summed E-state index contributed by atoms with van der Waals surface area (Å²) in [6, 6.07) is 3.73. The van der Waals surface area contributed by atoms with Gasteiger partial charge in [0.2, 0.25) is 5.89 Å². The van der Waals surface area contributed by atoms with E-state index in [2.05, 4.69) is 29.3 Å². The first-order chi connectivity index (χ1) is 9.99. The van der Waals surface area contributed by atoms with Crippen LogP contribution in [0.25, 0.3) is 0 Å². The molecule has 1 heterocycles. The van der Waals surface area contributed by atoms with Gasteiger partial charge in [0.05, 0.1) is 19.3 Å². The molecule has 1 aromatic heterocycles. The summed E-state index contributed by atoms with van der Waals surface area (Å²) < 4.78 is 10.5. The minimum Gasteiger partial charge on any atom is -0.495 e. The maximum atomic E-state index is 6.08. The molecule has 0 aliphatic rings. The molecule has 2 rings (SSSR count). The Balaban J connectivity index is 2.06. The summed E-state index contributed by atoms with van der Waals surface area (Å²) in [6.45, 7) is 6.63. The summed E-state index contributed by atoms with van der Waals surface area (Å²) in [5.74, 6) is 2.48. The van der Waals surface area contributed by atoms with Gasteiger partial charge >= 0.3 is 0 Å². The highest BCUT2D eigenvalue weighted by Crippen LogP contribution is 2.31. The Labute approximate surface area is 129 Å². The van der Waals surface area contributed by atoms with Crippen LogP contribution in [0.4, 0.5) is 5.69 Å². The molecule has 2 aromatic rings. The standard InChI is InChI=1S/C15H20ClN3O2/c1-9(2)5-14-18-15(21-19-14)8-17-12-6-10(3)11(16)7-13(12)20-4/h6-7,9,17H,5,8H2,1-4H3. The Hall–Kier alpha value is -1.75. The van der Waals surface area contributed by atoms with Gasteiger partial charge in [-0.15, -0.1) is 0 Å². The molecular weight excluding hydrogens is 290 g/mol. The predicted octanol–water partition coefficient (Wildman–Crippen LogP) is 3.85. The highest BCUT2D eigenvalue weighted by atomic mass is 35.5. The van der Waals surface area contributed by atoms with Crippen molar-refractivity contribution >= 4 is 17.3 Å². The Kier molecular flexibility index (Phi) is 5.07. The van der Waals surface area contributed by atoms with Crippen LogP contribution in [-0.4, -0.2) is 17.3 Å². The number of hydrogen-bond acceptors (Lipinski definition) is 5. The highest BCUT2D eigenvalue weighted by molar-refractivity contribution is 6.31.